The molecule has 0 aliphatic heterocycles. The van der Waals surface area contributed by atoms with Crippen LogP contribution in [0.1, 0.15) is 36.7 Å². The SMILES string of the molecule is CN(NC(=O)OC(C)(C)C)C(=O)c1cncc(C(F)(F)F)c1. The van der Waals surface area contributed by atoms with Crippen LogP contribution in [-0.4, -0.2) is 34.6 Å². The quantitative estimate of drug-likeness (QED) is 0.808. The highest BCUT2D eigenvalue weighted by Crippen LogP contribution is 2.29. The van der Waals surface area contributed by atoms with Gasteiger partial charge >= 0.3 is 12.3 Å². The maximum absolute atomic E-state index is 12.6. The minimum absolute atomic E-state index is 0.312. The number of carbonyl (C=O) groups is 2. The van der Waals surface area contributed by atoms with E-state index in [1.165, 1.54) is 7.05 Å². The van der Waals surface area contributed by atoms with Gasteiger partial charge in [0, 0.05) is 19.4 Å². The molecule has 122 valence electrons. The number of nitrogens with one attached hydrogen (secondary N) is 1. The van der Waals surface area contributed by atoms with Gasteiger partial charge in [0.1, 0.15) is 5.60 Å². The van der Waals surface area contributed by atoms with Crippen molar-refractivity contribution in [2.75, 3.05) is 7.05 Å². The van der Waals surface area contributed by atoms with Gasteiger partial charge in [-0.25, -0.2) is 10.2 Å². The maximum Gasteiger partial charge on any atom is 0.426 e. The Hall–Kier alpha value is -2.32. The predicted octanol–water partition coefficient (Wildman–Crippen LogP) is 2.61. The zero-order valence-electron chi connectivity index (χ0n) is 12.5. The van der Waals surface area contributed by atoms with Gasteiger partial charge in [-0.1, -0.05) is 0 Å². The number of hydrogen-bond donors (Lipinski definition) is 1. The molecule has 22 heavy (non-hydrogen) atoms. The van der Waals surface area contributed by atoms with Crippen LogP contribution < -0.4 is 5.43 Å². The van der Waals surface area contributed by atoms with Gasteiger partial charge < -0.3 is 4.74 Å². The summed E-state index contributed by atoms with van der Waals surface area (Å²) in [7, 11) is 1.19. The molecule has 9 heteroatoms. The van der Waals surface area contributed by atoms with Crippen molar-refractivity contribution >= 4 is 12.0 Å². The molecule has 0 aromatic carbocycles. The third-order valence-corrected chi connectivity index (χ3v) is 2.28. The van der Waals surface area contributed by atoms with Crippen molar-refractivity contribution in [1.82, 2.24) is 15.4 Å². The molecule has 1 rings (SSSR count). The monoisotopic (exact) mass is 319 g/mol. The Bertz CT molecular complexity index is 568. The number of aromatic nitrogens is 1. The summed E-state index contributed by atoms with van der Waals surface area (Å²) in [4.78, 5) is 26.9. The fourth-order valence-corrected chi connectivity index (χ4v) is 1.39. The van der Waals surface area contributed by atoms with Gasteiger partial charge in [-0.3, -0.25) is 14.8 Å². The van der Waals surface area contributed by atoms with Crippen molar-refractivity contribution in [2.45, 2.75) is 32.5 Å². The van der Waals surface area contributed by atoms with Gasteiger partial charge in [0.25, 0.3) is 5.91 Å². The van der Waals surface area contributed by atoms with Gasteiger partial charge in [0.15, 0.2) is 0 Å². The molecule has 0 radical (unpaired) electrons. The second kappa shape index (κ2) is 6.20. The molecule has 1 aromatic rings. The minimum atomic E-state index is -4.61. The van der Waals surface area contributed by atoms with E-state index in [9.17, 15) is 22.8 Å². The van der Waals surface area contributed by atoms with Gasteiger partial charge in [0.2, 0.25) is 0 Å². The molecular formula is C13H16F3N3O3. The third-order valence-electron chi connectivity index (χ3n) is 2.28. The van der Waals surface area contributed by atoms with Gasteiger partial charge in [-0.15, -0.1) is 0 Å². The minimum Gasteiger partial charge on any atom is -0.443 e. The molecule has 1 heterocycles. The molecule has 0 spiro atoms. The van der Waals surface area contributed by atoms with E-state index in [1.54, 1.807) is 20.8 Å². The number of alkyl halides is 3. The lowest BCUT2D eigenvalue weighted by Gasteiger charge is -2.23. The second-order valence-corrected chi connectivity index (χ2v) is 5.44. The summed E-state index contributed by atoms with van der Waals surface area (Å²) in [5, 5.41) is 0.727. The number of ether oxygens (including phenoxy) is 1. The summed E-state index contributed by atoms with van der Waals surface area (Å²) in [6, 6.07) is 0.655. The normalized spacial score (nSPS) is 11.8. The topological polar surface area (TPSA) is 71.5 Å². The molecule has 1 aromatic heterocycles. The summed E-state index contributed by atoms with van der Waals surface area (Å²) in [6.07, 6.45) is -3.92. The number of hydrogen-bond acceptors (Lipinski definition) is 4. The Morgan fingerprint density at radius 2 is 1.82 bits per heavy atom. The van der Waals surface area contributed by atoms with Crippen LogP contribution in [0.15, 0.2) is 18.5 Å². The fourth-order valence-electron chi connectivity index (χ4n) is 1.39. The molecule has 2 amide bonds. The van der Waals surface area contributed by atoms with E-state index in [0.717, 1.165) is 11.2 Å². The van der Waals surface area contributed by atoms with Crippen LogP contribution in [0.25, 0.3) is 0 Å². The average molecular weight is 319 g/mol. The third kappa shape index (κ3) is 5.23. The molecule has 1 N–H and O–H groups in total. The zero-order valence-corrected chi connectivity index (χ0v) is 12.5. The Kier molecular flexibility index (Phi) is 5.00. The smallest absolute Gasteiger partial charge is 0.426 e. The van der Waals surface area contributed by atoms with Crippen molar-refractivity contribution in [1.29, 1.82) is 0 Å². The molecule has 0 saturated carbocycles. The highest BCUT2D eigenvalue weighted by molar-refractivity contribution is 5.94. The molecule has 0 atom stereocenters. The summed E-state index contributed by atoms with van der Waals surface area (Å²) >= 11 is 0. The van der Waals surface area contributed by atoms with Crippen LogP contribution in [0.3, 0.4) is 0 Å². The summed E-state index contributed by atoms with van der Waals surface area (Å²) in [6.45, 7) is 4.89. The van der Waals surface area contributed by atoms with E-state index in [-0.39, 0.29) is 5.56 Å². The number of nitrogens with zero attached hydrogens (tertiary/aromatic N) is 2. The van der Waals surface area contributed by atoms with Crippen LogP contribution in [0.4, 0.5) is 18.0 Å². The van der Waals surface area contributed by atoms with E-state index in [1.807, 2.05) is 0 Å². The second-order valence-electron chi connectivity index (χ2n) is 5.44. The van der Waals surface area contributed by atoms with Gasteiger partial charge in [-0.2, -0.15) is 13.2 Å². The van der Waals surface area contributed by atoms with Crippen molar-refractivity contribution in [3.05, 3.63) is 29.6 Å². The molecule has 0 aliphatic carbocycles. The van der Waals surface area contributed by atoms with Gasteiger partial charge in [0.05, 0.1) is 11.1 Å². The number of rotatable bonds is 1. The van der Waals surface area contributed by atoms with E-state index < -0.39 is 29.3 Å². The number of carbonyl (C=O) groups excluding carboxylic acids is 2. The van der Waals surface area contributed by atoms with E-state index in [4.69, 9.17) is 4.74 Å². The van der Waals surface area contributed by atoms with Crippen molar-refractivity contribution in [2.24, 2.45) is 0 Å². The lowest BCUT2D eigenvalue weighted by molar-refractivity contribution is -0.137. The number of amides is 2. The number of halogens is 3. The first-order valence-corrected chi connectivity index (χ1v) is 6.20. The van der Waals surface area contributed by atoms with Crippen molar-refractivity contribution < 1.29 is 27.5 Å². The van der Waals surface area contributed by atoms with Crippen molar-refractivity contribution in [3.8, 4) is 0 Å². The highest BCUT2D eigenvalue weighted by atomic mass is 19.4. The van der Waals surface area contributed by atoms with Gasteiger partial charge in [-0.05, 0) is 26.8 Å². The fraction of sp³-hybridized carbons (Fsp3) is 0.462. The first-order chi connectivity index (χ1) is 9.90. The van der Waals surface area contributed by atoms with Crippen LogP contribution in [0, 0.1) is 0 Å². The van der Waals surface area contributed by atoms with Crippen LogP contribution in [0.5, 0.6) is 0 Å². The number of hydrazine groups is 1. The first-order valence-electron chi connectivity index (χ1n) is 6.20. The van der Waals surface area contributed by atoms with E-state index in [0.29, 0.717) is 12.3 Å². The zero-order chi connectivity index (χ0) is 17.1. The molecule has 0 unspecified atom stereocenters. The van der Waals surface area contributed by atoms with E-state index in [2.05, 4.69) is 10.4 Å². The first kappa shape index (κ1) is 17.7. The predicted molar refractivity (Wildman–Crippen MR) is 70.7 cm³/mol. The highest BCUT2D eigenvalue weighted by Gasteiger charge is 2.32. The molecule has 0 fully saturated rings. The summed E-state index contributed by atoms with van der Waals surface area (Å²) in [5.41, 5.74) is -0.0291. The average Bonchev–Trinajstić information content (AvgIpc) is 2.34. The Labute approximate surface area is 125 Å². The van der Waals surface area contributed by atoms with Crippen LogP contribution in [-0.2, 0) is 10.9 Å². The molecule has 0 aliphatic rings. The summed E-state index contributed by atoms with van der Waals surface area (Å²) < 4.78 is 42.7. The molecule has 6 nitrogen and oxygen atoms in total. The Morgan fingerprint density at radius 1 is 1.23 bits per heavy atom. The Balaban J connectivity index is 2.81. The molecule has 0 saturated heterocycles. The summed E-state index contributed by atoms with van der Waals surface area (Å²) in [5.74, 6) is -0.857. The molecular weight excluding hydrogens is 303 g/mol. The molecule has 0 bridgehead atoms. The maximum atomic E-state index is 12.6. The lowest BCUT2D eigenvalue weighted by Crippen LogP contribution is -2.45. The van der Waals surface area contributed by atoms with Crippen LogP contribution in [0.2, 0.25) is 0 Å². The largest absolute Gasteiger partial charge is 0.443 e. The Morgan fingerprint density at radius 3 is 2.32 bits per heavy atom. The van der Waals surface area contributed by atoms with Crippen LogP contribution >= 0.6 is 0 Å². The standard InChI is InChI=1S/C13H16F3N3O3/c1-12(2,3)22-11(21)18-19(4)10(20)8-5-9(7-17-6-8)13(14,15)16/h5-7H,1-4H3,(H,18,21). The van der Waals surface area contributed by atoms with E-state index >= 15 is 0 Å². The lowest BCUT2D eigenvalue weighted by atomic mass is 10.2. The number of pyridine rings is 1. The van der Waals surface area contributed by atoms with Crippen molar-refractivity contribution in [3.63, 3.8) is 0 Å².